The molecule has 16 heavy (non-hydrogen) atoms. The Hall–Kier alpha value is -1.57. The van der Waals surface area contributed by atoms with E-state index in [9.17, 15) is 4.79 Å². The van der Waals surface area contributed by atoms with Crippen LogP contribution in [0.15, 0.2) is 36.6 Å². The highest BCUT2D eigenvalue weighted by Crippen LogP contribution is 2.18. The lowest BCUT2D eigenvalue weighted by Crippen LogP contribution is -2.20. The maximum absolute atomic E-state index is 11.5. The molecule has 0 atom stereocenters. The minimum Gasteiger partial charge on any atom is -0.434 e. The average molecular weight is 218 g/mol. The van der Waals surface area contributed by atoms with E-state index in [0.29, 0.717) is 0 Å². The molecule has 2 heteroatoms. The van der Waals surface area contributed by atoms with E-state index in [0.717, 1.165) is 11.1 Å². The Balaban J connectivity index is 2.70. The van der Waals surface area contributed by atoms with Crippen LogP contribution in [0.3, 0.4) is 0 Å². The van der Waals surface area contributed by atoms with E-state index in [4.69, 9.17) is 4.74 Å². The lowest BCUT2D eigenvalue weighted by atomic mass is 9.97. The standard InChI is InChI=1S/C14H18O2/c1-11(12-8-6-5-7-9-12)10-16-13(15)14(2,3)4/h5-10H,1-4H3. The molecule has 0 radical (unpaired) electrons. The Labute approximate surface area is 96.9 Å². The highest BCUT2D eigenvalue weighted by Gasteiger charge is 2.22. The summed E-state index contributed by atoms with van der Waals surface area (Å²) in [6.45, 7) is 7.42. The van der Waals surface area contributed by atoms with E-state index in [1.807, 2.05) is 58.0 Å². The van der Waals surface area contributed by atoms with Crippen molar-refractivity contribution >= 4 is 11.5 Å². The van der Waals surface area contributed by atoms with Gasteiger partial charge in [-0.25, -0.2) is 0 Å². The first-order chi connectivity index (χ1) is 7.41. The minimum atomic E-state index is -0.465. The van der Waals surface area contributed by atoms with Crippen molar-refractivity contribution in [2.75, 3.05) is 0 Å². The van der Waals surface area contributed by atoms with E-state index in [1.165, 1.54) is 6.26 Å². The van der Waals surface area contributed by atoms with Gasteiger partial charge in [0.15, 0.2) is 0 Å². The summed E-state index contributed by atoms with van der Waals surface area (Å²) in [5, 5.41) is 0. The van der Waals surface area contributed by atoms with Crippen LogP contribution in [-0.4, -0.2) is 5.97 Å². The van der Waals surface area contributed by atoms with E-state index in [1.54, 1.807) is 0 Å². The van der Waals surface area contributed by atoms with Crippen LogP contribution >= 0.6 is 0 Å². The van der Waals surface area contributed by atoms with Gasteiger partial charge in [0.05, 0.1) is 11.7 Å². The van der Waals surface area contributed by atoms with Gasteiger partial charge in [-0.3, -0.25) is 4.79 Å². The molecule has 0 saturated carbocycles. The van der Waals surface area contributed by atoms with Crippen molar-refractivity contribution in [1.29, 1.82) is 0 Å². The molecule has 0 aliphatic heterocycles. The van der Waals surface area contributed by atoms with Crippen LogP contribution in [0.5, 0.6) is 0 Å². The molecule has 2 nitrogen and oxygen atoms in total. The third-order valence-corrected chi connectivity index (χ3v) is 2.18. The SMILES string of the molecule is CC(=COC(=O)C(C)(C)C)c1ccccc1. The Morgan fingerprint density at radius 2 is 1.75 bits per heavy atom. The molecule has 0 aromatic heterocycles. The number of carbonyl (C=O) groups excluding carboxylic acids is 1. The number of rotatable bonds is 2. The van der Waals surface area contributed by atoms with Gasteiger partial charge >= 0.3 is 5.97 Å². The molecule has 0 amide bonds. The number of hydrogen-bond acceptors (Lipinski definition) is 2. The molecule has 1 aromatic carbocycles. The van der Waals surface area contributed by atoms with Gasteiger partial charge in [-0.2, -0.15) is 0 Å². The van der Waals surface area contributed by atoms with Crippen LogP contribution in [0.25, 0.3) is 5.57 Å². The second-order valence-electron chi connectivity index (χ2n) is 4.82. The van der Waals surface area contributed by atoms with Crippen LogP contribution in [-0.2, 0) is 9.53 Å². The van der Waals surface area contributed by atoms with Gasteiger partial charge in [-0.1, -0.05) is 30.3 Å². The van der Waals surface area contributed by atoms with Gasteiger partial charge in [0.1, 0.15) is 0 Å². The lowest BCUT2D eigenvalue weighted by Gasteiger charge is -2.14. The monoisotopic (exact) mass is 218 g/mol. The van der Waals surface area contributed by atoms with Gasteiger partial charge in [-0.15, -0.1) is 0 Å². The predicted octanol–water partition coefficient (Wildman–Crippen LogP) is 3.64. The summed E-state index contributed by atoms with van der Waals surface area (Å²) in [7, 11) is 0. The maximum Gasteiger partial charge on any atom is 0.316 e. The normalized spacial score (nSPS) is 12.4. The fraction of sp³-hybridized carbons (Fsp3) is 0.357. The van der Waals surface area contributed by atoms with E-state index in [-0.39, 0.29) is 5.97 Å². The molecule has 0 spiro atoms. The largest absolute Gasteiger partial charge is 0.434 e. The second-order valence-corrected chi connectivity index (χ2v) is 4.82. The summed E-state index contributed by atoms with van der Waals surface area (Å²) < 4.78 is 5.12. The van der Waals surface area contributed by atoms with Crippen LogP contribution in [0.4, 0.5) is 0 Å². The summed E-state index contributed by atoms with van der Waals surface area (Å²) in [6.07, 6.45) is 1.52. The summed E-state index contributed by atoms with van der Waals surface area (Å²) in [5.41, 5.74) is 1.54. The molecular formula is C14H18O2. The molecule has 0 aliphatic carbocycles. The molecule has 86 valence electrons. The molecule has 0 heterocycles. The van der Waals surface area contributed by atoms with Crippen molar-refractivity contribution < 1.29 is 9.53 Å². The Kier molecular flexibility index (Phi) is 3.88. The van der Waals surface area contributed by atoms with Gasteiger partial charge in [0.25, 0.3) is 0 Å². The number of carbonyl (C=O) groups is 1. The second kappa shape index (κ2) is 4.97. The number of ether oxygens (including phenoxy) is 1. The molecule has 0 fully saturated rings. The predicted molar refractivity (Wildman–Crippen MR) is 65.6 cm³/mol. The fourth-order valence-corrected chi connectivity index (χ4v) is 1.09. The first kappa shape index (κ1) is 12.5. The van der Waals surface area contributed by atoms with Gasteiger partial charge < -0.3 is 4.74 Å². The molecule has 0 aliphatic rings. The Bertz CT molecular complexity index is 383. The zero-order valence-electron chi connectivity index (χ0n) is 10.3. The van der Waals surface area contributed by atoms with Crippen molar-refractivity contribution in [3.8, 4) is 0 Å². The van der Waals surface area contributed by atoms with Crippen LogP contribution < -0.4 is 0 Å². The smallest absolute Gasteiger partial charge is 0.316 e. The highest BCUT2D eigenvalue weighted by atomic mass is 16.5. The number of benzene rings is 1. The summed E-state index contributed by atoms with van der Waals surface area (Å²) in [5.74, 6) is -0.220. The molecule has 1 rings (SSSR count). The van der Waals surface area contributed by atoms with Gasteiger partial charge in [-0.05, 0) is 38.8 Å². The average Bonchev–Trinajstić information content (AvgIpc) is 2.25. The van der Waals surface area contributed by atoms with Gasteiger partial charge in [0, 0.05) is 0 Å². The van der Waals surface area contributed by atoms with E-state index in [2.05, 4.69) is 0 Å². The van der Waals surface area contributed by atoms with Crippen LogP contribution in [0.1, 0.15) is 33.3 Å². The first-order valence-corrected chi connectivity index (χ1v) is 5.34. The van der Waals surface area contributed by atoms with Crippen molar-refractivity contribution in [1.82, 2.24) is 0 Å². The molecule has 0 N–H and O–H groups in total. The van der Waals surface area contributed by atoms with Crippen LogP contribution in [0, 0.1) is 5.41 Å². The van der Waals surface area contributed by atoms with Crippen molar-refractivity contribution in [2.24, 2.45) is 5.41 Å². The molecule has 1 aromatic rings. The zero-order chi connectivity index (χ0) is 12.2. The van der Waals surface area contributed by atoms with Crippen molar-refractivity contribution in [3.05, 3.63) is 42.2 Å². The van der Waals surface area contributed by atoms with Crippen LogP contribution in [0.2, 0.25) is 0 Å². The Morgan fingerprint density at radius 3 is 2.25 bits per heavy atom. The summed E-state index contributed by atoms with van der Waals surface area (Å²) in [4.78, 5) is 11.5. The fourth-order valence-electron chi connectivity index (χ4n) is 1.09. The minimum absolute atomic E-state index is 0.220. The molecular weight excluding hydrogens is 200 g/mol. The molecule has 0 bridgehead atoms. The Morgan fingerprint density at radius 1 is 1.19 bits per heavy atom. The molecule has 0 saturated heterocycles. The lowest BCUT2D eigenvalue weighted by molar-refractivity contribution is -0.146. The van der Waals surface area contributed by atoms with E-state index < -0.39 is 5.41 Å². The highest BCUT2D eigenvalue weighted by molar-refractivity contribution is 5.77. The van der Waals surface area contributed by atoms with Gasteiger partial charge in [0.2, 0.25) is 0 Å². The summed E-state index contributed by atoms with van der Waals surface area (Å²) >= 11 is 0. The van der Waals surface area contributed by atoms with Crippen molar-refractivity contribution in [3.63, 3.8) is 0 Å². The first-order valence-electron chi connectivity index (χ1n) is 5.34. The third-order valence-electron chi connectivity index (χ3n) is 2.18. The van der Waals surface area contributed by atoms with E-state index >= 15 is 0 Å². The number of hydrogen-bond donors (Lipinski definition) is 0. The summed E-state index contributed by atoms with van der Waals surface area (Å²) in [6, 6.07) is 9.84. The topological polar surface area (TPSA) is 26.3 Å². The number of esters is 1. The number of allylic oxidation sites excluding steroid dienone is 1. The zero-order valence-corrected chi connectivity index (χ0v) is 10.3. The third kappa shape index (κ3) is 3.54. The maximum atomic E-state index is 11.5. The van der Waals surface area contributed by atoms with Crippen molar-refractivity contribution in [2.45, 2.75) is 27.7 Å². The molecule has 0 unspecified atom stereocenters. The quantitative estimate of drug-likeness (QED) is 0.559.